The molecule has 0 atom stereocenters. The normalized spacial score (nSPS) is 12.9. The van der Waals surface area contributed by atoms with Gasteiger partial charge in [-0.25, -0.2) is 0 Å². The SMILES string of the molecule is O=c1c2c(c3ccccc3n1-c1c3ccccc3c(-n3c(=O)c4ccccc4c4ccccc43)c3ccccc13)CCC=C2. The first-order valence-electron chi connectivity index (χ1n) is 15.0. The Morgan fingerprint density at radius 1 is 0.432 bits per heavy atom. The first kappa shape index (κ1) is 24.8. The van der Waals surface area contributed by atoms with E-state index in [2.05, 4.69) is 42.5 Å². The number of aromatic nitrogens is 2. The molecule has 1 aliphatic rings. The van der Waals surface area contributed by atoms with Crippen LogP contribution < -0.4 is 11.1 Å². The van der Waals surface area contributed by atoms with Crippen LogP contribution in [0.15, 0.2) is 137 Å². The Morgan fingerprint density at radius 3 is 1.45 bits per heavy atom. The highest BCUT2D eigenvalue weighted by molar-refractivity contribution is 6.16. The molecule has 0 aliphatic heterocycles. The quantitative estimate of drug-likeness (QED) is 0.155. The van der Waals surface area contributed by atoms with Gasteiger partial charge in [-0.1, -0.05) is 115 Å². The van der Waals surface area contributed by atoms with E-state index in [0.29, 0.717) is 5.39 Å². The molecule has 8 aromatic rings. The summed E-state index contributed by atoms with van der Waals surface area (Å²) in [4.78, 5) is 29.0. The van der Waals surface area contributed by atoms with E-state index < -0.39 is 0 Å². The van der Waals surface area contributed by atoms with E-state index >= 15 is 0 Å². The Morgan fingerprint density at radius 2 is 0.864 bits per heavy atom. The molecule has 0 amide bonds. The number of benzene rings is 6. The van der Waals surface area contributed by atoms with Crippen LogP contribution in [0.3, 0.4) is 0 Å². The van der Waals surface area contributed by atoms with Gasteiger partial charge in [0.1, 0.15) is 0 Å². The van der Waals surface area contributed by atoms with Crippen molar-refractivity contribution in [3.05, 3.63) is 159 Å². The van der Waals surface area contributed by atoms with Crippen LogP contribution in [0.4, 0.5) is 0 Å². The van der Waals surface area contributed by atoms with Crippen molar-refractivity contribution in [1.29, 1.82) is 0 Å². The molecule has 44 heavy (non-hydrogen) atoms. The van der Waals surface area contributed by atoms with Crippen LogP contribution in [-0.4, -0.2) is 9.13 Å². The van der Waals surface area contributed by atoms with Gasteiger partial charge in [0, 0.05) is 43.3 Å². The summed E-state index contributed by atoms with van der Waals surface area (Å²) in [5.74, 6) is 0. The monoisotopic (exact) mass is 566 g/mol. The molecular weight excluding hydrogens is 540 g/mol. The molecule has 2 heterocycles. The molecule has 4 nitrogen and oxygen atoms in total. The molecule has 0 fully saturated rings. The summed E-state index contributed by atoms with van der Waals surface area (Å²) < 4.78 is 3.78. The van der Waals surface area contributed by atoms with E-state index in [1.807, 2.05) is 100 Å². The van der Waals surface area contributed by atoms with Gasteiger partial charge in [0.05, 0.1) is 22.4 Å². The highest BCUT2D eigenvalue weighted by Gasteiger charge is 2.24. The zero-order chi connectivity index (χ0) is 29.4. The first-order chi connectivity index (χ1) is 21.7. The molecule has 2 aromatic heterocycles. The number of para-hydroxylation sites is 2. The van der Waals surface area contributed by atoms with Crippen molar-refractivity contribution < 1.29 is 0 Å². The van der Waals surface area contributed by atoms with Crippen molar-refractivity contribution in [2.45, 2.75) is 12.8 Å². The van der Waals surface area contributed by atoms with E-state index in [0.717, 1.165) is 84.1 Å². The van der Waals surface area contributed by atoms with Gasteiger partial charge in [0.2, 0.25) is 0 Å². The lowest BCUT2D eigenvalue weighted by atomic mass is 9.93. The van der Waals surface area contributed by atoms with Crippen LogP contribution in [0, 0.1) is 0 Å². The van der Waals surface area contributed by atoms with Crippen LogP contribution in [-0.2, 0) is 6.42 Å². The fourth-order valence-corrected chi connectivity index (χ4v) is 7.34. The largest absolute Gasteiger partial charge is 0.275 e. The molecule has 0 spiro atoms. The summed E-state index contributed by atoms with van der Waals surface area (Å²) in [5.41, 5.74) is 5.18. The van der Waals surface area contributed by atoms with E-state index in [-0.39, 0.29) is 11.1 Å². The minimum Gasteiger partial charge on any atom is -0.275 e. The maximum absolute atomic E-state index is 14.5. The Kier molecular flexibility index (Phi) is 5.29. The minimum atomic E-state index is -0.0658. The second-order valence-corrected chi connectivity index (χ2v) is 11.5. The summed E-state index contributed by atoms with van der Waals surface area (Å²) >= 11 is 0. The second kappa shape index (κ2) is 9.38. The smallest absolute Gasteiger partial charge is 0.263 e. The van der Waals surface area contributed by atoms with E-state index in [4.69, 9.17) is 0 Å². The number of allylic oxidation sites excluding steroid dienone is 1. The van der Waals surface area contributed by atoms with Crippen LogP contribution in [0.2, 0.25) is 0 Å². The molecule has 0 bridgehead atoms. The zero-order valence-corrected chi connectivity index (χ0v) is 23.8. The molecule has 0 N–H and O–H groups in total. The molecule has 0 radical (unpaired) electrons. The maximum Gasteiger partial charge on any atom is 0.263 e. The Balaban J connectivity index is 1.52. The summed E-state index contributed by atoms with van der Waals surface area (Å²) in [5, 5.41) is 7.38. The van der Waals surface area contributed by atoms with Crippen LogP contribution in [0.25, 0.3) is 71.6 Å². The molecule has 0 saturated heterocycles. The van der Waals surface area contributed by atoms with Crippen molar-refractivity contribution in [3.63, 3.8) is 0 Å². The van der Waals surface area contributed by atoms with E-state index in [1.54, 1.807) is 0 Å². The van der Waals surface area contributed by atoms with E-state index in [1.165, 1.54) is 0 Å². The predicted molar refractivity (Wildman–Crippen MR) is 183 cm³/mol. The number of hydrogen-bond acceptors (Lipinski definition) is 2. The predicted octanol–water partition coefficient (Wildman–Crippen LogP) is 8.71. The third kappa shape index (κ3) is 3.34. The molecule has 208 valence electrons. The average molecular weight is 567 g/mol. The Labute approximate surface area is 252 Å². The summed E-state index contributed by atoms with van der Waals surface area (Å²) in [7, 11) is 0. The highest BCUT2D eigenvalue weighted by Crippen LogP contribution is 2.40. The lowest BCUT2D eigenvalue weighted by Crippen LogP contribution is -2.25. The van der Waals surface area contributed by atoms with Gasteiger partial charge in [0.15, 0.2) is 0 Å². The van der Waals surface area contributed by atoms with Crippen LogP contribution in [0.1, 0.15) is 17.5 Å². The van der Waals surface area contributed by atoms with Crippen LogP contribution >= 0.6 is 0 Å². The average Bonchev–Trinajstić information content (AvgIpc) is 3.09. The third-order valence-electron chi connectivity index (χ3n) is 9.19. The maximum atomic E-state index is 14.5. The number of aryl methyl sites for hydroxylation is 1. The lowest BCUT2D eigenvalue weighted by molar-refractivity contribution is 0.961. The lowest BCUT2D eigenvalue weighted by Gasteiger charge is -2.23. The number of fused-ring (bicyclic) bond motifs is 8. The van der Waals surface area contributed by atoms with Gasteiger partial charge >= 0.3 is 0 Å². The molecule has 9 rings (SSSR count). The Hall–Kier alpha value is -5.74. The molecular formula is C40H26N2O2. The topological polar surface area (TPSA) is 44.0 Å². The molecule has 6 aromatic carbocycles. The van der Waals surface area contributed by atoms with Gasteiger partial charge in [-0.3, -0.25) is 18.7 Å². The zero-order valence-electron chi connectivity index (χ0n) is 23.8. The summed E-state index contributed by atoms with van der Waals surface area (Å²) in [6, 6.07) is 40.5. The molecule has 4 heteroatoms. The summed E-state index contributed by atoms with van der Waals surface area (Å²) in [6.45, 7) is 0. The fraction of sp³-hybridized carbons (Fsp3) is 0.0500. The minimum absolute atomic E-state index is 0.0222. The van der Waals surface area contributed by atoms with Crippen molar-refractivity contribution in [3.8, 4) is 11.4 Å². The second-order valence-electron chi connectivity index (χ2n) is 11.5. The molecule has 0 saturated carbocycles. The third-order valence-corrected chi connectivity index (χ3v) is 9.19. The van der Waals surface area contributed by atoms with Crippen molar-refractivity contribution in [2.75, 3.05) is 0 Å². The van der Waals surface area contributed by atoms with Gasteiger partial charge in [-0.15, -0.1) is 0 Å². The van der Waals surface area contributed by atoms with Gasteiger partial charge in [-0.2, -0.15) is 0 Å². The number of hydrogen-bond donors (Lipinski definition) is 0. The van der Waals surface area contributed by atoms with Gasteiger partial charge in [0.25, 0.3) is 11.1 Å². The number of nitrogens with zero attached hydrogens (tertiary/aromatic N) is 2. The molecule has 1 aliphatic carbocycles. The van der Waals surface area contributed by atoms with E-state index in [9.17, 15) is 9.59 Å². The van der Waals surface area contributed by atoms with Crippen LogP contribution in [0.5, 0.6) is 0 Å². The fourth-order valence-electron chi connectivity index (χ4n) is 7.34. The first-order valence-corrected chi connectivity index (χ1v) is 15.0. The molecule has 0 unspecified atom stereocenters. The van der Waals surface area contributed by atoms with Crippen molar-refractivity contribution in [2.24, 2.45) is 0 Å². The van der Waals surface area contributed by atoms with Gasteiger partial charge < -0.3 is 0 Å². The van der Waals surface area contributed by atoms with Gasteiger partial charge in [-0.05, 0) is 42.0 Å². The van der Waals surface area contributed by atoms with Crippen molar-refractivity contribution in [1.82, 2.24) is 9.13 Å². The Bertz CT molecular complexity index is 2600. The standard InChI is InChI=1S/C40H26N2O2/c43-39-33-21-7-1-13-25(33)27-15-9-11-23-35(27)41(39)37-29-17-3-5-19-31(29)38(32-20-6-4-18-30(32)37)42-36-24-12-10-16-28(36)26-14-2-8-22-34(26)40(42)44/h1,3-13,15-24H,2,14H2. The number of rotatable bonds is 2. The van der Waals surface area contributed by atoms with Crippen molar-refractivity contribution >= 4 is 60.2 Å². The summed E-state index contributed by atoms with van der Waals surface area (Å²) in [6.07, 6.45) is 5.86. The highest BCUT2D eigenvalue weighted by atomic mass is 16.1. The number of pyridine rings is 2.